The van der Waals surface area contributed by atoms with Gasteiger partial charge in [0, 0.05) is 6.42 Å². The van der Waals surface area contributed by atoms with Gasteiger partial charge in [-0.25, -0.2) is 0 Å². The molecule has 0 saturated carbocycles. The Kier molecular flexibility index (Phi) is 5.16. The van der Waals surface area contributed by atoms with E-state index in [0.717, 1.165) is 11.3 Å². The van der Waals surface area contributed by atoms with Crippen molar-refractivity contribution in [1.29, 1.82) is 0 Å². The van der Waals surface area contributed by atoms with Gasteiger partial charge in [0.2, 0.25) is 0 Å². The lowest BCUT2D eigenvalue weighted by Crippen LogP contribution is -2.47. The number of hydrogen-bond acceptors (Lipinski definition) is 4. The van der Waals surface area contributed by atoms with Crippen LogP contribution >= 0.6 is 0 Å². The van der Waals surface area contributed by atoms with E-state index in [1.807, 2.05) is 31.2 Å². The van der Waals surface area contributed by atoms with E-state index in [2.05, 4.69) is 0 Å². The van der Waals surface area contributed by atoms with Crippen LogP contribution in [0.15, 0.2) is 24.3 Å². The van der Waals surface area contributed by atoms with Crippen molar-refractivity contribution in [2.45, 2.75) is 32.7 Å². The molecular formula is C14H21NO3. The van der Waals surface area contributed by atoms with Crippen LogP contribution in [0.25, 0.3) is 0 Å². The molecule has 0 heterocycles. The molecule has 1 unspecified atom stereocenters. The molecular weight excluding hydrogens is 230 g/mol. The second kappa shape index (κ2) is 6.40. The number of aryl methyl sites for hydroxylation is 1. The fourth-order valence-corrected chi connectivity index (χ4v) is 1.48. The van der Waals surface area contributed by atoms with E-state index >= 15 is 0 Å². The minimum atomic E-state index is -1.00. The van der Waals surface area contributed by atoms with Gasteiger partial charge in [-0.1, -0.05) is 12.1 Å². The molecule has 4 nitrogen and oxygen atoms in total. The van der Waals surface area contributed by atoms with E-state index in [9.17, 15) is 4.79 Å². The first kappa shape index (κ1) is 14.5. The second-order valence-corrected chi connectivity index (χ2v) is 4.55. The van der Waals surface area contributed by atoms with Crippen LogP contribution in [-0.2, 0) is 9.53 Å². The first-order valence-electron chi connectivity index (χ1n) is 6.11. The molecule has 18 heavy (non-hydrogen) atoms. The summed E-state index contributed by atoms with van der Waals surface area (Å²) >= 11 is 0. The predicted octanol–water partition coefficient (Wildman–Crippen LogP) is 2.04. The highest BCUT2D eigenvalue weighted by Crippen LogP contribution is 2.14. The summed E-state index contributed by atoms with van der Waals surface area (Å²) in [5, 5.41) is 0. The number of benzene rings is 1. The Morgan fingerprint density at radius 1 is 1.44 bits per heavy atom. The fourth-order valence-electron chi connectivity index (χ4n) is 1.48. The number of ether oxygens (including phenoxy) is 2. The highest BCUT2D eigenvalue weighted by Gasteiger charge is 2.29. The Morgan fingerprint density at radius 3 is 2.78 bits per heavy atom. The normalized spacial score (nSPS) is 13.8. The predicted molar refractivity (Wildman–Crippen MR) is 70.5 cm³/mol. The van der Waals surface area contributed by atoms with Crippen molar-refractivity contribution in [1.82, 2.24) is 0 Å². The lowest BCUT2D eigenvalue weighted by atomic mass is 10.0. The third kappa shape index (κ3) is 4.37. The Balaban J connectivity index is 2.43. The van der Waals surface area contributed by atoms with Gasteiger partial charge in [-0.15, -0.1) is 0 Å². The Bertz CT molecular complexity index is 402. The minimum Gasteiger partial charge on any atom is -0.493 e. The lowest BCUT2D eigenvalue weighted by Gasteiger charge is -2.22. The van der Waals surface area contributed by atoms with Gasteiger partial charge >= 0.3 is 5.97 Å². The molecule has 1 rings (SSSR count). The summed E-state index contributed by atoms with van der Waals surface area (Å²) in [5.74, 6) is 0.396. The zero-order chi connectivity index (χ0) is 13.6. The van der Waals surface area contributed by atoms with E-state index in [4.69, 9.17) is 15.2 Å². The van der Waals surface area contributed by atoms with E-state index in [0.29, 0.717) is 19.6 Å². The molecule has 100 valence electrons. The summed E-state index contributed by atoms with van der Waals surface area (Å²) < 4.78 is 10.5. The largest absolute Gasteiger partial charge is 0.493 e. The maximum absolute atomic E-state index is 11.6. The Morgan fingerprint density at radius 2 is 2.17 bits per heavy atom. The SMILES string of the molecule is CCOC(=O)C(C)(N)CCOc1cccc(C)c1. The van der Waals surface area contributed by atoms with Crippen LogP contribution in [0.4, 0.5) is 0 Å². The van der Waals surface area contributed by atoms with Gasteiger partial charge in [0.1, 0.15) is 11.3 Å². The summed E-state index contributed by atoms with van der Waals surface area (Å²) in [6.45, 7) is 6.14. The average Bonchev–Trinajstić information content (AvgIpc) is 2.29. The highest BCUT2D eigenvalue weighted by atomic mass is 16.5. The first-order chi connectivity index (χ1) is 8.45. The average molecular weight is 251 g/mol. The number of carbonyl (C=O) groups is 1. The number of carbonyl (C=O) groups excluding carboxylic acids is 1. The van der Waals surface area contributed by atoms with Gasteiger partial charge < -0.3 is 15.2 Å². The van der Waals surface area contributed by atoms with Crippen molar-refractivity contribution in [2.75, 3.05) is 13.2 Å². The van der Waals surface area contributed by atoms with Crippen molar-refractivity contribution in [3.8, 4) is 5.75 Å². The Labute approximate surface area is 108 Å². The Hall–Kier alpha value is -1.55. The molecule has 1 atom stereocenters. The van der Waals surface area contributed by atoms with Crippen LogP contribution < -0.4 is 10.5 Å². The minimum absolute atomic E-state index is 0.338. The smallest absolute Gasteiger partial charge is 0.325 e. The van der Waals surface area contributed by atoms with Gasteiger partial charge in [0.05, 0.1) is 13.2 Å². The molecule has 0 spiro atoms. The van der Waals surface area contributed by atoms with Crippen LogP contribution in [0, 0.1) is 6.92 Å². The van der Waals surface area contributed by atoms with Crippen LogP contribution in [0.2, 0.25) is 0 Å². The molecule has 0 fully saturated rings. The molecule has 2 N–H and O–H groups in total. The first-order valence-corrected chi connectivity index (χ1v) is 6.11. The molecule has 0 amide bonds. The second-order valence-electron chi connectivity index (χ2n) is 4.55. The van der Waals surface area contributed by atoms with E-state index in [-0.39, 0.29) is 0 Å². The van der Waals surface area contributed by atoms with Crippen molar-refractivity contribution < 1.29 is 14.3 Å². The maximum Gasteiger partial charge on any atom is 0.325 e. The summed E-state index contributed by atoms with van der Waals surface area (Å²) in [4.78, 5) is 11.6. The molecule has 0 aliphatic rings. The van der Waals surface area contributed by atoms with Gasteiger partial charge in [-0.3, -0.25) is 4.79 Å². The number of nitrogens with two attached hydrogens (primary N) is 1. The monoisotopic (exact) mass is 251 g/mol. The standard InChI is InChI=1S/C14H21NO3/c1-4-17-13(16)14(3,15)8-9-18-12-7-5-6-11(2)10-12/h5-7,10H,4,8-9,15H2,1-3H3. The van der Waals surface area contributed by atoms with Crippen molar-refractivity contribution in [2.24, 2.45) is 5.73 Å². The van der Waals surface area contributed by atoms with Crippen LogP contribution in [0.3, 0.4) is 0 Å². The zero-order valence-corrected chi connectivity index (χ0v) is 11.2. The number of esters is 1. The zero-order valence-electron chi connectivity index (χ0n) is 11.2. The molecule has 1 aromatic carbocycles. The molecule has 1 aromatic rings. The van der Waals surface area contributed by atoms with Crippen LogP contribution in [0.5, 0.6) is 5.75 Å². The molecule has 4 heteroatoms. The van der Waals surface area contributed by atoms with Gasteiger partial charge in [-0.2, -0.15) is 0 Å². The lowest BCUT2D eigenvalue weighted by molar-refractivity contribution is -0.149. The van der Waals surface area contributed by atoms with E-state index in [1.54, 1.807) is 13.8 Å². The third-order valence-corrected chi connectivity index (χ3v) is 2.62. The van der Waals surface area contributed by atoms with E-state index in [1.165, 1.54) is 0 Å². The number of hydrogen-bond donors (Lipinski definition) is 1. The molecule has 0 bridgehead atoms. The quantitative estimate of drug-likeness (QED) is 0.786. The number of rotatable bonds is 6. The molecule has 0 aliphatic heterocycles. The highest BCUT2D eigenvalue weighted by molar-refractivity contribution is 5.79. The van der Waals surface area contributed by atoms with Gasteiger partial charge in [0.15, 0.2) is 0 Å². The third-order valence-electron chi connectivity index (χ3n) is 2.62. The summed E-state index contributed by atoms with van der Waals surface area (Å²) in [6, 6.07) is 7.75. The maximum atomic E-state index is 11.6. The van der Waals surface area contributed by atoms with Crippen molar-refractivity contribution in [3.63, 3.8) is 0 Å². The molecule has 0 saturated heterocycles. The summed E-state index contributed by atoms with van der Waals surface area (Å²) in [7, 11) is 0. The molecule has 0 aliphatic carbocycles. The van der Waals surface area contributed by atoms with Crippen LogP contribution in [-0.4, -0.2) is 24.7 Å². The topological polar surface area (TPSA) is 61.5 Å². The molecule has 0 aromatic heterocycles. The fraction of sp³-hybridized carbons (Fsp3) is 0.500. The van der Waals surface area contributed by atoms with Crippen molar-refractivity contribution in [3.05, 3.63) is 29.8 Å². The summed E-state index contributed by atoms with van der Waals surface area (Å²) in [5.41, 5.74) is 6.02. The van der Waals surface area contributed by atoms with Gasteiger partial charge in [0.25, 0.3) is 0 Å². The summed E-state index contributed by atoms with van der Waals surface area (Å²) in [6.07, 6.45) is 0.416. The van der Waals surface area contributed by atoms with Crippen molar-refractivity contribution >= 4 is 5.97 Å². The van der Waals surface area contributed by atoms with Gasteiger partial charge in [-0.05, 0) is 38.5 Å². The molecule has 0 radical (unpaired) electrons. The van der Waals surface area contributed by atoms with E-state index < -0.39 is 11.5 Å². The van der Waals surface area contributed by atoms with Crippen LogP contribution in [0.1, 0.15) is 25.8 Å².